The van der Waals surface area contributed by atoms with Crippen LogP contribution in [0.15, 0.2) is 0 Å². The van der Waals surface area contributed by atoms with E-state index in [4.69, 9.17) is 5.11 Å². The van der Waals surface area contributed by atoms with Crippen LogP contribution >= 0.6 is 0 Å². The van der Waals surface area contributed by atoms with Crippen molar-refractivity contribution in [1.29, 1.82) is 0 Å². The molecule has 0 spiro atoms. The topological polar surface area (TPSA) is 35.5 Å². The fourth-order valence-corrected chi connectivity index (χ4v) is 1.44. The molecule has 11 heavy (non-hydrogen) atoms. The first kappa shape index (κ1) is 8.97. The number of aliphatic hydroxyl groups excluding tert-OH is 1. The normalized spacial score (nSPS) is 27.8. The number of hydrogen-bond acceptors (Lipinski definition) is 3. The molecule has 3 heteroatoms. The van der Waals surface area contributed by atoms with Gasteiger partial charge in [-0.3, -0.25) is 4.90 Å². The van der Waals surface area contributed by atoms with Crippen LogP contribution in [-0.4, -0.2) is 48.3 Å². The molecule has 0 radical (unpaired) electrons. The Bertz CT molecular complexity index is 117. The van der Waals surface area contributed by atoms with Gasteiger partial charge in [0, 0.05) is 31.7 Å². The Balaban J connectivity index is 2.33. The molecule has 1 unspecified atom stereocenters. The van der Waals surface area contributed by atoms with Crippen molar-refractivity contribution < 1.29 is 5.11 Å². The molecule has 1 atom stereocenters. The van der Waals surface area contributed by atoms with Crippen LogP contribution in [0.3, 0.4) is 0 Å². The maximum Gasteiger partial charge on any atom is 0.0597 e. The Labute approximate surface area is 68.4 Å². The summed E-state index contributed by atoms with van der Waals surface area (Å²) in [4.78, 5) is 2.39. The quantitative estimate of drug-likeness (QED) is 0.577. The van der Waals surface area contributed by atoms with Crippen LogP contribution in [0, 0.1) is 0 Å². The van der Waals surface area contributed by atoms with Crippen LogP contribution in [0.5, 0.6) is 0 Å². The highest BCUT2D eigenvalue weighted by atomic mass is 16.3. The summed E-state index contributed by atoms with van der Waals surface area (Å²) in [6.45, 7) is 7.73. The molecular weight excluding hydrogens is 140 g/mol. The van der Waals surface area contributed by atoms with Gasteiger partial charge in [0.2, 0.25) is 0 Å². The van der Waals surface area contributed by atoms with Gasteiger partial charge in [-0.05, 0) is 13.8 Å². The molecule has 1 rings (SSSR count). The highest BCUT2D eigenvalue weighted by Crippen LogP contribution is 2.02. The fourth-order valence-electron chi connectivity index (χ4n) is 1.44. The van der Waals surface area contributed by atoms with Gasteiger partial charge in [0.1, 0.15) is 0 Å². The minimum absolute atomic E-state index is 0.253. The largest absolute Gasteiger partial charge is 0.395 e. The molecule has 3 nitrogen and oxygen atoms in total. The van der Waals surface area contributed by atoms with Gasteiger partial charge in [-0.1, -0.05) is 0 Å². The predicted octanol–water partition coefficient (Wildman–Crippen LogP) is -0.339. The predicted molar refractivity (Wildman–Crippen MR) is 45.6 cm³/mol. The Morgan fingerprint density at radius 2 is 2.36 bits per heavy atom. The molecule has 0 amide bonds. The van der Waals surface area contributed by atoms with Gasteiger partial charge >= 0.3 is 0 Å². The minimum Gasteiger partial charge on any atom is -0.395 e. The molecule has 0 bridgehead atoms. The van der Waals surface area contributed by atoms with Crippen LogP contribution in [0.2, 0.25) is 0 Å². The van der Waals surface area contributed by atoms with Crippen LogP contribution in [0.4, 0.5) is 0 Å². The molecular formula is C8H18N2O. The van der Waals surface area contributed by atoms with Gasteiger partial charge in [-0.25, -0.2) is 0 Å². The van der Waals surface area contributed by atoms with Crippen LogP contribution in [0.1, 0.15) is 13.8 Å². The van der Waals surface area contributed by atoms with E-state index in [0.717, 1.165) is 19.6 Å². The van der Waals surface area contributed by atoms with Gasteiger partial charge in [0.05, 0.1) is 6.61 Å². The van der Waals surface area contributed by atoms with Crippen molar-refractivity contribution in [3.05, 3.63) is 0 Å². The van der Waals surface area contributed by atoms with Crippen molar-refractivity contribution >= 4 is 0 Å². The van der Waals surface area contributed by atoms with Gasteiger partial charge in [-0.15, -0.1) is 0 Å². The van der Waals surface area contributed by atoms with Crippen molar-refractivity contribution in [2.75, 3.05) is 26.2 Å². The van der Waals surface area contributed by atoms with Crippen LogP contribution < -0.4 is 5.32 Å². The van der Waals surface area contributed by atoms with Crippen molar-refractivity contribution in [3.8, 4) is 0 Å². The van der Waals surface area contributed by atoms with Crippen LogP contribution in [-0.2, 0) is 0 Å². The van der Waals surface area contributed by atoms with Crippen molar-refractivity contribution in [2.45, 2.75) is 25.9 Å². The molecule has 0 aromatic rings. The molecule has 2 N–H and O–H groups in total. The maximum atomic E-state index is 8.90. The number of nitrogens with zero attached hydrogens (tertiary/aromatic N) is 1. The molecule has 1 heterocycles. The molecule has 66 valence electrons. The highest BCUT2D eigenvalue weighted by Gasteiger charge is 2.19. The summed E-state index contributed by atoms with van der Waals surface area (Å²) in [5.74, 6) is 0. The minimum atomic E-state index is 0.253. The molecule has 1 aliphatic rings. The zero-order chi connectivity index (χ0) is 8.27. The lowest BCUT2D eigenvalue weighted by atomic mass is 10.2. The van der Waals surface area contributed by atoms with E-state index in [0.29, 0.717) is 6.04 Å². The highest BCUT2D eigenvalue weighted by molar-refractivity contribution is 4.79. The lowest BCUT2D eigenvalue weighted by Gasteiger charge is -2.35. The molecule has 1 saturated heterocycles. The smallest absolute Gasteiger partial charge is 0.0597 e. The number of nitrogens with one attached hydrogen (secondary N) is 1. The second-order valence-electron chi connectivity index (χ2n) is 3.42. The monoisotopic (exact) mass is 158 g/mol. The third-order valence-electron chi connectivity index (χ3n) is 2.24. The van der Waals surface area contributed by atoms with Crippen molar-refractivity contribution in [1.82, 2.24) is 10.2 Å². The molecule has 1 aliphatic heterocycles. The summed E-state index contributed by atoms with van der Waals surface area (Å²) in [5, 5.41) is 12.2. The summed E-state index contributed by atoms with van der Waals surface area (Å²) in [7, 11) is 0. The van der Waals surface area contributed by atoms with E-state index in [2.05, 4.69) is 24.1 Å². The molecule has 0 aliphatic carbocycles. The molecule has 1 fully saturated rings. The SMILES string of the molecule is CC(C)N1CCNC(CO)C1. The third-order valence-corrected chi connectivity index (χ3v) is 2.24. The summed E-state index contributed by atoms with van der Waals surface area (Å²) >= 11 is 0. The molecule has 0 aromatic carbocycles. The molecule has 0 aromatic heterocycles. The first-order chi connectivity index (χ1) is 5.24. The Hall–Kier alpha value is -0.120. The number of aliphatic hydroxyl groups is 1. The van der Waals surface area contributed by atoms with Crippen molar-refractivity contribution in [3.63, 3.8) is 0 Å². The molecule has 0 saturated carbocycles. The second-order valence-corrected chi connectivity index (χ2v) is 3.42. The van der Waals surface area contributed by atoms with E-state index in [-0.39, 0.29) is 12.6 Å². The summed E-state index contributed by atoms with van der Waals surface area (Å²) in [6.07, 6.45) is 0. The van der Waals surface area contributed by atoms with E-state index in [1.165, 1.54) is 0 Å². The summed E-state index contributed by atoms with van der Waals surface area (Å²) in [5.41, 5.74) is 0. The van der Waals surface area contributed by atoms with E-state index in [1.807, 2.05) is 0 Å². The second kappa shape index (κ2) is 4.04. The number of hydrogen-bond donors (Lipinski definition) is 2. The Kier molecular flexibility index (Phi) is 3.30. The first-order valence-electron chi connectivity index (χ1n) is 4.32. The summed E-state index contributed by atoms with van der Waals surface area (Å²) in [6, 6.07) is 0.886. The van der Waals surface area contributed by atoms with Gasteiger partial charge in [-0.2, -0.15) is 0 Å². The third kappa shape index (κ3) is 2.43. The maximum absolute atomic E-state index is 8.90. The first-order valence-corrected chi connectivity index (χ1v) is 4.32. The number of piperazine rings is 1. The standard InChI is InChI=1S/C8H18N2O/c1-7(2)10-4-3-9-8(5-10)6-11/h7-9,11H,3-6H2,1-2H3. The average molecular weight is 158 g/mol. The van der Waals surface area contributed by atoms with Gasteiger partial charge in [0.25, 0.3) is 0 Å². The Morgan fingerprint density at radius 3 is 2.91 bits per heavy atom. The fraction of sp³-hybridized carbons (Fsp3) is 1.00. The zero-order valence-electron chi connectivity index (χ0n) is 7.38. The van der Waals surface area contributed by atoms with E-state index in [1.54, 1.807) is 0 Å². The van der Waals surface area contributed by atoms with Gasteiger partial charge < -0.3 is 10.4 Å². The van der Waals surface area contributed by atoms with Gasteiger partial charge in [0.15, 0.2) is 0 Å². The average Bonchev–Trinajstić information content (AvgIpc) is 2.05. The van der Waals surface area contributed by atoms with E-state index in [9.17, 15) is 0 Å². The van der Waals surface area contributed by atoms with E-state index >= 15 is 0 Å². The van der Waals surface area contributed by atoms with Crippen LogP contribution in [0.25, 0.3) is 0 Å². The summed E-state index contributed by atoms with van der Waals surface area (Å²) < 4.78 is 0. The van der Waals surface area contributed by atoms with Crippen molar-refractivity contribution in [2.24, 2.45) is 0 Å². The Morgan fingerprint density at radius 1 is 1.64 bits per heavy atom. The lowest BCUT2D eigenvalue weighted by Crippen LogP contribution is -2.54. The zero-order valence-corrected chi connectivity index (χ0v) is 7.38. The van der Waals surface area contributed by atoms with E-state index < -0.39 is 0 Å². The lowest BCUT2D eigenvalue weighted by molar-refractivity contribution is 0.125. The number of rotatable bonds is 2.